The molecule has 0 saturated heterocycles. The van der Waals surface area contributed by atoms with Crippen molar-refractivity contribution in [2.24, 2.45) is 0 Å². The van der Waals surface area contributed by atoms with Gasteiger partial charge < -0.3 is 5.32 Å². The van der Waals surface area contributed by atoms with Crippen LogP contribution in [0.25, 0.3) is 5.69 Å². The monoisotopic (exact) mass is 324 g/mol. The van der Waals surface area contributed by atoms with Gasteiger partial charge in [-0.15, -0.1) is 0 Å². The van der Waals surface area contributed by atoms with Crippen molar-refractivity contribution < 1.29 is 8.42 Å². The molecule has 9 heteroatoms. The van der Waals surface area contributed by atoms with Gasteiger partial charge in [0.15, 0.2) is 0 Å². The molecule has 2 aromatic rings. The average Bonchev–Trinajstić information content (AvgIpc) is 2.83. The Bertz CT molecular complexity index is 736. The number of aryl methyl sites for hydroxylation is 1. The maximum atomic E-state index is 11.3. The normalized spacial score (nSPS) is 12.4. The second-order valence-corrected chi connectivity index (χ2v) is 7.61. The lowest BCUT2D eigenvalue weighted by molar-refractivity contribution is 0.475. The number of benzene rings is 1. The predicted molar refractivity (Wildman–Crippen MR) is 84.4 cm³/mol. The summed E-state index contributed by atoms with van der Waals surface area (Å²) in [4.78, 5) is 0. The number of nitrogens with zero attached hydrogens (tertiary/aromatic N) is 4. The molecule has 0 amide bonds. The van der Waals surface area contributed by atoms with Gasteiger partial charge in [0.05, 0.1) is 11.9 Å². The number of hydrogen-bond acceptors (Lipinski definition) is 6. The van der Waals surface area contributed by atoms with Gasteiger partial charge in [0.25, 0.3) is 0 Å². The maximum Gasteiger partial charge on any atom is 0.247 e. The zero-order chi connectivity index (χ0) is 16.4. The smallest absolute Gasteiger partial charge is 0.247 e. The Kier molecular flexibility index (Phi) is 4.47. The summed E-state index contributed by atoms with van der Waals surface area (Å²) in [6.45, 7) is 5.90. The van der Waals surface area contributed by atoms with Crippen molar-refractivity contribution in [3.05, 3.63) is 29.8 Å². The van der Waals surface area contributed by atoms with Gasteiger partial charge in [-0.1, -0.05) is 22.8 Å². The van der Waals surface area contributed by atoms with Gasteiger partial charge in [-0.05, 0) is 43.3 Å². The fourth-order valence-electron chi connectivity index (χ4n) is 2.00. The predicted octanol–water partition coefficient (Wildman–Crippen LogP) is 0.710. The van der Waals surface area contributed by atoms with Crippen molar-refractivity contribution in [1.82, 2.24) is 24.9 Å². The van der Waals surface area contributed by atoms with Crippen molar-refractivity contribution >= 4 is 16.0 Å². The van der Waals surface area contributed by atoms with Crippen LogP contribution in [0.2, 0.25) is 0 Å². The molecule has 0 bridgehead atoms. The van der Waals surface area contributed by atoms with E-state index < -0.39 is 15.6 Å². The summed E-state index contributed by atoms with van der Waals surface area (Å²) in [7, 11) is -3.29. The number of aromatic nitrogens is 4. The molecule has 0 aliphatic carbocycles. The molecule has 0 fully saturated rings. The lowest BCUT2D eigenvalue weighted by atomic mass is 10.1. The van der Waals surface area contributed by atoms with Gasteiger partial charge in [0, 0.05) is 12.1 Å². The van der Waals surface area contributed by atoms with Crippen molar-refractivity contribution in [3.63, 3.8) is 0 Å². The average molecular weight is 324 g/mol. The Balaban J connectivity index is 2.12. The minimum absolute atomic E-state index is 0.340. The van der Waals surface area contributed by atoms with E-state index in [4.69, 9.17) is 0 Å². The molecule has 2 rings (SSSR count). The highest BCUT2D eigenvalue weighted by molar-refractivity contribution is 7.88. The van der Waals surface area contributed by atoms with E-state index in [9.17, 15) is 8.42 Å². The van der Waals surface area contributed by atoms with Crippen LogP contribution in [0.3, 0.4) is 0 Å². The molecule has 8 nitrogen and oxygen atoms in total. The van der Waals surface area contributed by atoms with Crippen LogP contribution in [0.5, 0.6) is 0 Å². The largest absolute Gasteiger partial charge is 0.351 e. The Morgan fingerprint density at radius 2 is 1.86 bits per heavy atom. The Labute approximate surface area is 130 Å². The van der Waals surface area contributed by atoms with Crippen LogP contribution in [-0.2, 0) is 10.0 Å². The van der Waals surface area contributed by atoms with Gasteiger partial charge in [0.2, 0.25) is 16.0 Å². The van der Waals surface area contributed by atoms with Crippen LogP contribution < -0.4 is 10.0 Å². The molecule has 2 N–H and O–H groups in total. The van der Waals surface area contributed by atoms with Crippen LogP contribution in [0.1, 0.15) is 19.4 Å². The maximum absolute atomic E-state index is 11.3. The number of anilines is 1. The van der Waals surface area contributed by atoms with Gasteiger partial charge in [-0.3, -0.25) is 0 Å². The zero-order valence-electron chi connectivity index (χ0n) is 13.0. The zero-order valence-corrected chi connectivity index (χ0v) is 13.8. The molecular weight excluding hydrogens is 304 g/mol. The van der Waals surface area contributed by atoms with Crippen molar-refractivity contribution in [3.8, 4) is 5.69 Å². The van der Waals surface area contributed by atoms with Crippen LogP contribution in [0, 0.1) is 6.92 Å². The van der Waals surface area contributed by atoms with E-state index in [0.717, 1.165) is 17.5 Å². The van der Waals surface area contributed by atoms with E-state index in [1.807, 2.05) is 31.2 Å². The van der Waals surface area contributed by atoms with Crippen LogP contribution in [-0.4, -0.2) is 47.0 Å². The van der Waals surface area contributed by atoms with Gasteiger partial charge in [0.1, 0.15) is 0 Å². The summed E-state index contributed by atoms with van der Waals surface area (Å²) < 4.78 is 26.8. The number of nitrogens with one attached hydrogen (secondary N) is 2. The second kappa shape index (κ2) is 6.01. The molecule has 0 saturated carbocycles. The molecule has 1 aromatic heterocycles. The number of sulfonamides is 1. The standard InChI is InChI=1S/C13H20N6O2S/c1-10-5-7-11(8-6-10)19-12(15-17-18-19)14-9-13(2,3)16-22(4,20)21/h5-8,16H,9H2,1-4H3,(H,14,15,18). The fraction of sp³-hybridized carbons (Fsp3) is 0.462. The van der Waals surface area contributed by atoms with E-state index in [1.165, 1.54) is 0 Å². The molecule has 0 spiro atoms. The Morgan fingerprint density at radius 1 is 1.23 bits per heavy atom. The minimum atomic E-state index is -3.29. The van der Waals surface area contributed by atoms with E-state index in [-0.39, 0.29) is 0 Å². The van der Waals surface area contributed by atoms with Crippen LogP contribution in [0.15, 0.2) is 24.3 Å². The van der Waals surface area contributed by atoms with Crippen LogP contribution in [0.4, 0.5) is 5.95 Å². The lowest BCUT2D eigenvalue weighted by Crippen LogP contribution is -2.48. The first-order valence-electron chi connectivity index (χ1n) is 6.75. The van der Waals surface area contributed by atoms with E-state index >= 15 is 0 Å². The summed E-state index contributed by atoms with van der Waals surface area (Å²) in [5.74, 6) is 0.451. The topological polar surface area (TPSA) is 102 Å². The minimum Gasteiger partial charge on any atom is -0.351 e. The van der Waals surface area contributed by atoms with Crippen LogP contribution >= 0.6 is 0 Å². The van der Waals surface area contributed by atoms with Gasteiger partial charge in [-0.25, -0.2) is 13.1 Å². The summed E-state index contributed by atoms with van der Waals surface area (Å²) in [5, 5.41) is 14.6. The quantitative estimate of drug-likeness (QED) is 0.811. The molecule has 0 aliphatic rings. The third-order valence-electron chi connectivity index (χ3n) is 2.90. The first kappa shape index (κ1) is 16.4. The summed E-state index contributed by atoms with van der Waals surface area (Å²) in [5.41, 5.74) is 1.30. The number of rotatable bonds is 6. The van der Waals surface area contributed by atoms with Gasteiger partial charge >= 0.3 is 0 Å². The third-order valence-corrected chi connectivity index (χ3v) is 3.82. The highest BCUT2D eigenvalue weighted by Gasteiger charge is 2.23. The first-order valence-corrected chi connectivity index (χ1v) is 8.64. The molecule has 1 heterocycles. The number of tetrazole rings is 1. The third kappa shape index (κ3) is 4.50. The molecular formula is C13H20N6O2S. The van der Waals surface area contributed by atoms with Crippen molar-refractivity contribution in [2.75, 3.05) is 18.1 Å². The SMILES string of the molecule is Cc1ccc(-n2nnnc2NCC(C)(C)NS(C)(=O)=O)cc1. The van der Waals surface area contributed by atoms with E-state index in [0.29, 0.717) is 12.5 Å². The molecule has 0 atom stereocenters. The summed E-state index contributed by atoms with van der Waals surface area (Å²) >= 11 is 0. The Morgan fingerprint density at radius 3 is 2.45 bits per heavy atom. The Hall–Kier alpha value is -2.00. The molecule has 120 valence electrons. The van der Waals surface area contributed by atoms with Crippen molar-refractivity contribution in [1.29, 1.82) is 0 Å². The summed E-state index contributed by atoms with van der Waals surface area (Å²) in [6, 6.07) is 7.76. The molecule has 0 radical (unpaired) electrons. The second-order valence-electron chi connectivity index (χ2n) is 5.86. The van der Waals surface area contributed by atoms with Gasteiger partial charge in [-0.2, -0.15) is 4.68 Å². The highest BCUT2D eigenvalue weighted by atomic mass is 32.2. The lowest BCUT2D eigenvalue weighted by Gasteiger charge is -2.25. The van der Waals surface area contributed by atoms with Crippen molar-refractivity contribution in [2.45, 2.75) is 26.3 Å². The molecule has 0 aliphatic heterocycles. The summed E-state index contributed by atoms with van der Waals surface area (Å²) in [6.07, 6.45) is 1.13. The highest BCUT2D eigenvalue weighted by Crippen LogP contribution is 2.13. The molecule has 0 unspecified atom stereocenters. The fourth-order valence-corrected chi connectivity index (χ4v) is 3.07. The molecule has 22 heavy (non-hydrogen) atoms. The molecule has 1 aromatic carbocycles. The van der Waals surface area contributed by atoms with E-state index in [2.05, 4.69) is 25.6 Å². The number of hydrogen-bond donors (Lipinski definition) is 2. The first-order chi connectivity index (χ1) is 10.2. The van der Waals surface area contributed by atoms with E-state index in [1.54, 1.807) is 18.5 Å².